The quantitative estimate of drug-likeness (QED) is 0.758. The summed E-state index contributed by atoms with van der Waals surface area (Å²) >= 11 is 17.2. The molecule has 2 rings (SSSR count). The number of methoxy groups -OCH3 is 2. The van der Waals surface area contributed by atoms with Crippen LogP contribution in [0.5, 0.6) is 11.5 Å². The standard InChI is InChI=1S/C16H16Cl2N2O2S/c1-21-14-3-10(4-15(8-14)22-2)9-19-16(23)20-13-6-11(17)5-12(18)7-13/h3-8H,9H2,1-2H3,(H2,19,20,23). The fourth-order valence-electron chi connectivity index (χ4n) is 1.95. The summed E-state index contributed by atoms with van der Waals surface area (Å²) in [6, 6.07) is 10.8. The van der Waals surface area contributed by atoms with Gasteiger partial charge in [-0.15, -0.1) is 0 Å². The van der Waals surface area contributed by atoms with Gasteiger partial charge in [-0.2, -0.15) is 0 Å². The smallest absolute Gasteiger partial charge is 0.171 e. The van der Waals surface area contributed by atoms with Crippen LogP contribution >= 0.6 is 35.4 Å². The summed E-state index contributed by atoms with van der Waals surface area (Å²) in [5.74, 6) is 1.45. The van der Waals surface area contributed by atoms with E-state index in [1.165, 1.54) is 0 Å². The van der Waals surface area contributed by atoms with Crippen molar-refractivity contribution in [1.29, 1.82) is 0 Å². The van der Waals surface area contributed by atoms with E-state index in [1.54, 1.807) is 32.4 Å². The molecule has 7 heteroatoms. The highest BCUT2D eigenvalue weighted by Gasteiger charge is 2.04. The van der Waals surface area contributed by atoms with Gasteiger partial charge in [0.25, 0.3) is 0 Å². The van der Waals surface area contributed by atoms with Crippen LogP contribution in [0.2, 0.25) is 10.0 Å². The Kier molecular flexibility index (Phi) is 6.33. The van der Waals surface area contributed by atoms with Gasteiger partial charge in [-0.3, -0.25) is 0 Å². The van der Waals surface area contributed by atoms with Crippen LogP contribution in [0.3, 0.4) is 0 Å². The van der Waals surface area contributed by atoms with Crippen LogP contribution in [-0.4, -0.2) is 19.3 Å². The van der Waals surface area contributed by atoms with Crippen LogP contribution in [0.4, 0.5) is 5.69 Å². The highest BCUT2D eigenvalue weighted by atomic mass is 35.5. The molecule has 0 saturated heterocycles. The minimum absolute atomic E-state index is 0.463. The molecular formula is C16H16Cl2N2O2S. The van der Waals surface area contributed by atoms with Gasteiger partial charge in [0.1, 0.15) is 11.5 Å². The number of benzene rings is 2. The molecule has 4 nitrogen and oxygen atoms in total. The third-order valence-corrected chi connectivity index (χ3v) is 3.67. The molecule has 0 unspecified atom stereocenters. The number of thiocarbonyl (C=S) groups is 1. The number of halogens is 2. The van der Waals surface area contributed by atoms with Crippen LogP contribution in [0.25, 0.3) is 0 Å². The maximum Gasteiger partial charge on any atom is 0.171 e. The number of anilines is 1. The predicted octanol–water partition coefficient (Wildman–Crippen LogP) is 4.50. The van der Waals surface area contributed by atoms with Crippen molar-refractivity contribution >= 4 is 46.2 Å². The lowest BCUT2D eigenvalue weighted by Crippen LogP contribution is -2.27. The molecule has 0 amide bonds. The highest BCUT2D eigenvalue weighted by Crippen LogP contribution is 2.23. The van der Waals surface area contributed by atoms with Gasteiger partial charge >= 0.3 is 0 Å². The lowest BCUT2D eigenvalue weighted by molar-refractivity contribution is 0.393. The molecule has 0 spiro atoms. The summed E-state index contributed by atoms with van der Waals surface area (Å²) in [5, 5.41) is 7.70. The Labute approximate surface area is 150 Å². The molecule has 0 aromatic heterocycles. The van der Waals surface area contributed by atoms with Crippen LogP contribution in [0.1, 0.15) is 5.56 Å². The van der Waals surface area contributed by atoms with Crippen LogP contribution < -0.4 is 20.1 Å². The molecule has 2 aromatic carbocycles. The summed E-state index contributed by atoms with van der Waals surface area (Å²) in [6.07, 6.45) is 0. The maximum atomic E-state index is 5.96. The number of rotatable bonds is 5. The first-order chi connectivity index (χ1) is 11.0. The van der Waals surface area contributed by atoms with Gasteiger partial charge in [0.05, 0.1) is 14.2 Å². The molecule has 0 aliphatic heterocycles. The zero-order chi connectivity index (χ0) is 16.8. The van der Waals surface area contributed by atoms with Gasteiger partial charge in [-0.05, 0) is 48.1 Å². The third-order valence-electron chi connectivity index (χ3n) is 2.98. The Morgan fingerprint density at radius 3 is 2.04 bits per heavy atom. The van der Waals surface area contributed by atoms with Crippen LogP contribution in [-0.2, 0) is 6.54 Å². The Bertz CT molecular complexity index is 668. The number of hydrogen-bond acceptors (Lipinski definition) is 3. The number of nitrogens with one attached hydrogen (secondary N) is 2. The average molecular weight is 371 g/mol. The molecule has 122 valence electrons. The van der Waals surface area contributed by atoms with Crippen molar-refractivity contribution in [2.24, 2.45) is 0 Å². The fraction of sp³-hybridized carbons (Fsp3) is 0.188. The van der Waals surface area contributed by atoms with E-state index in [2.05, 4.69) is 10.6 Å². The van der Waals surface area contributed by atoms with E-state index in [0.29, 0.717) is 21.7 Å². The lowest BCUT2D eigenvalue weighted by Gasteiger charge is -2.13. The van der Waals surface area contributed by atoms with E-state index in [0.717, 1.165) is 22.7 Å². The Morgan fingerprint density at radius 1 is 0.957 bits per heavy atom. The molecule has 0 aliphatic carbocycles. The molecule has 0 fully saturated rings. The summed E-state index contributed by atoms with van der Waals surface area (Å²) in [6.45, 7) is 0.522. The minimum atomic E-state index is 0.463. The molecule has 23 heavy (non-hydrogen) atoms. The number of hydrogen-bond donors (Lipinski definition) is 2. The van der Waals surface area contributed by atoms with E-state index < -0.39 is 0 Å². The molecule has 0 bridgehead atoms. The van der Waals surface area contributed by atoms with Gasteiger partial charge in [0.15, 0.2) is 5.11 Å². The largest absolute Gasteiger partial charge is 0.497 e. The topological polar surface area (TPSA) is 42.5 Å². The van der Waals surface area contributed by atoms with Crippen molar-refractivity contribution in [2.45, 2.75) is 6.54 Å². The summed E-state index contributed by atoms with van der Waals surface area (Å²) in [4.78, 5) is 0. The average Bonchev–Trinajstić information content (AvgIpc) is 2.51. The SMILES string of the molecule is COc1cc(CNC(=S)Nc2cc(Cl)cc(Cl)c2)cc(OC)c1. The third kappa shape index (κ3) is 5.46. The molecule has 0 saturated carbocycles. The van der Waals surface area contributed by atoms with Crippen LogP contribution in [0, 0.1) is 0 Å². The van der Waals surface area contributed by atoms with E-state index in [1.807, 2.05) is 18.2 Å². The zero-order valence-corrected chi connectivity index (χ0v) is 15.0. The van der Waals surface area contributed by atoms with Crippen LogP contribution in [0.15, 0.2) is 36.4 Å². The molecule has 0 heterocycles. The molecule has 0 radical (unpaired) electrons. The predicted molar refractivity (Wildman–Crippen MR) is 99.1 cm³/mol. The van der Waals surface area contributed by atoms with Gasteiger partial charge < -0.3 is 20.1 Å². The van der Waals surface area contributed by atoms with Crippen molar-refractivity contribution in [2.75, 3.05) is 19.5 Å². The normalized spacial score (nSPS) is 10.1. The van der Waals surface area contributed by atoms with Gasteiger partial charge in [0, 0.05) is 28.3 Å². The van der Waals surface area contributed by atoms with Gasteiger partial charge in [-0.25, -0.2) is 0 Å². The summed E-state index contributed by atoms with van der Waals surface area (Å²) in [5.41, 5.74) is 1.71. The summed E-state index contributed by atoms with van der Waals surface area (Å²) < 4.78 is 10.5. The van der Waals surface area contributed by atoms with Crippen molar-refractivity contribution in [3.05, 3.63) is 52.0 Å². The second-order valence-corrected chi connectivity index (χ2v) is 5.97. The molecule has 2 aromatic rings. The fourth-order valence-corrected chi connectivity index (χ4v) is 2.67. The first-order valence-electron chi connectivity index (χ1n) is 6.73. The first kappa shape index (κ1) is 17.7. The van der Waals surface area contributed by atoms with E-state index in [4.69, 9.17) is 44.9 Å². The molecule has 0 atom stereocenters. The van der Waals surface area contributed by atoms with E-state index in [9.17, 15) is 0 Å². The molecular weight excluding hydrogens is 355 g/mol. The lowest BCUT2D eigenvalue weighted by atomic mass is 10.2. The van der Waals surface area contributed by atoms with Crippen molar-refractivity contribution in [1.82, 2.24) is 5.32 Å². The Morgan fingerprint density at radius 2 is 1.52 bits per heavy atom. The minimum Gasteiger partial charge on any atom is -0.497 e. The van der Waals surface area contributed by atoms with Crippen molar-refractivity contribution < 1.29 is 9.47 Å². The second kappa shape index (κ2) is 8.24. The monoisotopic (exact) mass is 370 g/mol. The van der Waals surface area contributed by atoms with E-state index in [-0.39, 0.29) is 0 Å². The van der Waals surface area contributed by atoms with Gasteiger partial charge in [0.2, 0.25) is 0 Å². The van der Waals surface area contributed by atoms with Crippen molar-refractivity contribution in [3.63, 3.8) is 0 Å². The second-order valence-electron chi connectivity index (χ2n) is 4.69. The first-order valence-corrected chi connectivity index (χ1v) is 7.89. The van der Waals surface area contributed by atoms with E-state index >= 15 is 0 Å². The summed E-state index contributed by atoms with van der Waals surface area (Å²) in [7, 11) is 3.22. The molecule has 0 aliphatic rings. The van der Waals surface area contributed by atoms with Crippen molar-refractivity contribution in [3.8, 4) is 11.5 Å². The molecule has 2 N–H and O–H groups in total. The highest BCUT2D eigenvalue weighted by molar-refractivity contribution is 7.80. The zero-order valence-electron chi connectivity index (χ0n) is 12.7. The maximum absolute atomic E-state index is 5.96. The Balaban J connectivity index is 1.98. The number of ether oxygens (including phenoxy) is 2. The van der Waals surface area contributed by atoms with Gasteiger partial charge in [-0.1, -0.05) is 23.2 Å². The Hall–Kier alpha value is -1.69.